The zero-order valence-corrected chi connectivity index (χ0v) is 32.7. The van der Waals surface area contributed by atoms with E-state index in [0.717, 1.165) is 66.3 Å². The summed E-state index contributed by atoms with van der Waals surface area (Å²) in [4.78, 5) is 32.1. The van der Waals surface area contributed by atoms with Crippen LogP contribution in [0.4, 0.5) is 0 Å². The summed E-state index contributed by atoms with van der Waals surface area (Å²) in [5.41, 5.74) is 2.19. The van der Waals surface area contributed by atoms with E-state index < -0.39 is 0 Å². The Labute approximate surface area is 300 Å². The van der Waals surface area contributed by atoms with Crippen molar-refractivity contribution in [3.05, 3.63) is 22.3 Å². The molecule has 0 spiro atoms. The first kappa shape index (κ1) is 34.6. The predicted molar refractivity (Wildman–Crippen MR) is 205 cm³/mol. The van der Waals surface area contributed by atoms with E-state index in [-0.39, 0.29) is 34.4 Å². The molecule has 0 aromatic carbocycles. The minimum absolute atomic E-state index is 0.0491. The van der Waals surface area contributed by atoms with Crippen molar-refractivity contribution in [2.75, 3.05) is 12.3 Å². The summed E-state index contributed by atoms with van der Waals surface area (Å²) >= 11 is 10.8. The Morgan fingerprint density at radius 3 is 2.41 bits per heavy atom. The van der Waals surface area contributed by atoms with E-state index >= 15 is 0 Å². The first-order chi connectivity index (χ1) is 22.1. The van der Waals surface area contributed by atoms with Gasteiger partial charge in [0.2, 0.25) is 11.8 Å². The molecule has 2 amide bonds. The van der Waals surface area contributed by atoms with Gasteiger partial charge in [-0.05, 0) is 73.4 Å². The number of hydrogen-bond donors (Lipinski definition) is 1. The molecule has 0 radical (unpaired) electrons. The molecule has 9 heteroatoms. The third-order valence-corrected chi connectivity index (χ3v) is 20.3. The lowest BCUT2D eigenvalue weighted by Crippen LogP contribution is -2.44. The Balaban J connectivity index is 1.03. The van der Waals surface area contributed by atoms with E-state index in [1.807, 2.05) is 11.8 Å². The van der Waals surface area contributed by atoms with Crippen LogP contribution in [0, 0.1) is 17.3 Å². The average Bonchev–Trinajstić information content (AvgIpc) is 3.83. The van der Waals surface area contributed by atoms with Gasteiger partial charge in [-0.3, -0.25) is 9.59 Å². The second-order valence-corrected chi connectivity index (χ2v) is 23.2. The lowest BCUT2D eigenvalue weighted by atomic mass is 9.88. The van der Waals surface area contributed by atoms with E-state index in [9.17, 15) is 9.59 Å². The van der Waals surface area contributed by atoms with Gasteiger partial charge in [-0.25, -0.2) is 0 Å². The first-order valence-electron chi connectivity index (χ1n) is 18.4. The van der Waals surface area contributed by atoms with Crippen LogP contribution >= 0.6 is 58.8 Å². The van der Waals surface area contributed by atoms with Crippen LogP contribution in [-0.2, 0) is 9.59 Å². The first-order valence-corrected chi connectivity index (χ1v) is 23.2. The number of amides is 2. The summed E-state index contributed by atoms with van der Waals surface area (Å²) < 4.78 is 0. The lowest BCUT2D eigenvalue weighted by Gasteiger charge is -2.30. The molecule has 46 heavy (non-hydrogen) atoms. The number of nitrogens with zero attached hydrogens (tertiary/aromatic N) is 1. The second-order valence-electron chi connectivity index (χ2n) is 16.3. The van der Waals surface area contributed by atoms with Gasteiger partial charge in [0.05, 0.1) is 17.5 Å². The second kappa shape index (κ2) is 14.4. The number of nitrogens with one attached hydrogen (secondary N) is 1. The largest absolute Gasteiger partial charge is 0.347 e. The van der Waals surface area contributed by atoms with Gasteiger partial charge in [0.15, 0.2) is 0 Å². The van der Waals surface area contributed by atoms with Crippen LogP contribution in [0.1, 0.15) is 112 Å². The summed E-state index contributed by atoms with van der Waals surface area (Å²) in [7, 11) is 0. The fourth-order valence-corrected chi connectivity index (χ4v) is 17.8. The third-order valence-electron chi connectivity index (χ3n) is 11.4. The van der Waals surface area contributed by atoms with Crippen LogP contribution in [0.3, 0.4) is 0 Å². The van der Waals surface area contributed by atoms with Crippen molar-refractivity contribution in [2.45, 2.75) is 160 Å². The Bertz CT molecular complexity index is 1220. The lowest BCUT2D eigenvalue weighted by molar-refractivity contribution is -0.131. The molecule has 0 bridgehead atoms. The molecule has 7 aliphatic heterocycles. The number of thioether (sulfide) groups is 5. The van der Waals surface area contributed by atoms with E-state index in [4.69, 9.17) is 0 Å². The van der Waals surface area contributed by atoms with E-state index in [0.29, 0.717) is 26.2 Å². The van der Waals surface area contributed by atoms with Gasteiger partial charge in [-0.1, -0.05) is 66.4 Å². The molecule has 0 saturated carbocycles. The molecule has 5 saturated heterocycles. The highest BCUT2D eigenvalue weighted by atomic mass is 32.2. The van der Waals surface area contributed by atoms with Gasteiger partial charge in [0.1, 0.15) is 0 Å². The highest BCUT2D eigenvalue weighted by Gasteiger charge is 2.57. The molecular weight excluding hydrogens is 665 g/mol. The van der Waals surface area contributed by atoms with Crippen LogP contribution < -0.4 is 5.32 Å². The summed E-state index contributed by atoms with van der Waals surface area (Å²) in [5.74, 6) is 2.09. The van der Waals surface area contributed by atoms with Crippen molar-refractivity contribution >= 4 is 70.6 Å². The molecular formula is C37H56N2O2S5. The molecule has 256 valence electrons. The summed E-state index contributed by atoms with van der Waals surface area (Å²) in [6.45, 7) is 12.4. The standard InChI is InChI=1S/C37H56N2O2S5/c1-21(2)11-8-6-7-9-17-39-34(25-15-16-30(46-25)37(3,4)5)32-31(36(39)41)33(38-35(32)40)24-14-13-23(43-24)27-20-29-28(45-27)19-26(44-29)22-12-10-18-42-22/h19,21-25,27-31,33H,6-18,20H2,1-5H3,(H,38,40). The summed E-state index contributed by atoms with van der Waals surface area (Å²) in [5, 5.41) is 8.14. The predicted octanol–water partition coefficient (Wildman–Crippen LogP) is 9.15. The molecule has 7 rings (SSSR count). The summed E-state index contributed by atoms with van der Waals surface area (Å²) in [6, 6.07) is -0.0491. The SMILES string of the molecule is CC(C)CCCCCCN1C(=O)C2C(=C1C1CCC(C(C)(C)C)S1)C(=O)NC2C1CCC(C2CC3SC(C4CCCS4)=CC3S2)S1. The number of rotatable bonds is 11. The van der Waals surface area contributed by atoms with Gasteiger partial charge in [0.25, 0.3) is 0 Å². The number of carbonyl (C=O) groups excluding carboxylic acids is 2. The van der Waals surface area contributed by atoms with Crippen molar-refractivity contribution in [3.8, 4) is 0 Å². The Morgan fingerprint density at radius 1 is 0.891 bits per heavy atom. The van der Waals surface area contributed by atoms with Crippen LogP contribution in [-0.4, -0.2) is 77.1 Å². The highest BCUT2D eigenvalue weighted by Crippen LogP contribution is 2.57. The molecule has 5 fully saturated rings. The van der Waals surface area contributed by atoms with Gasteiger partial charge >= 0.3 is 0 Å². The molecule has 10 unspecified atom stereocenters. The van der Waals surface area contributed by atoms with Crippen LogP contribution in [0.15, 0.2) is 22.3 Å². The highest BCUT2D eigenvalue weighted by molar-refractivity contribution is 8.10. The maximum absolute atomic E-state index is 14.4. The normalized spacial score (nSPS) is 39.3. The monoisotopic (exact) mass is 720 g/mol. The molecule has 10 atom stereocenters. The zero-order valence-electron chi connectivity index (χ0n) is 28.6. The fourth-order valence-electron chi connectivity index (χ4n) is 8.95. The minimum Gasteiger partial charge on any atom is -0.347 e. The maximum atomic E-state index is 14.4. The van der Waals surface area contributed by atoms with Crippen molar-refractivity contribution in [2.24, 2.45) is 17.3 Å². The smallest absolute Gasteiger partial charge is 0.250 e. The molecule has 0 aromatic heterocycles. The topological polar surface area (TPSA) is 49.4 Å². The molecule has 1 N–H and O–H groups in total. The van der Waals surface area contributed by atoms with Gasteiger partial charge < -0.3 is 10.2 Å². The minimum atomic E-state index is -0.283. The van der Waals surface area contributed by atoms with E-state index in [2.05, 4.69) is 98.0 Å². The number of fused-ring (bicyclic) bond motifs is 2. The van der Waals surface area contributed by atoms with Gasteiger partial charge in [0, 0.05) is 54.2 Å². The third kappa shape index (κ3) is 7.04. The Hall–Kier alpha value is 0.170. The van der Waals surface area contributed by atoms with Crippen LogP contribution in [0.2, 0.25) is 0 Å². The van der Waals surface area contributed by atoms with E-state index in [1.165, 1.54) is 50.7 Å². The quantitative estimate of drug-likeness (QED) is 0.214. The van der Waals surface area contributed by atoms with Gasteiger partial charge in [-0.15, -0.1) is 35.3 Å². The molecule has 7 heterocycles. The Morgan fingerprint density at radius 2 is 1.70 bits per heavy atom. The van der Waals surface area contributed by atoms with Gasteiger partial charge in [-0.2, -0.15) is 23.5 Å². The van der Waals surface area contributed by atoms with Crippen LogP contribution in [0.5, 0.6) is 0 Å². The fraction of sp³-hybridized carbons (Fsp3) is 0.838. The molecule has 4 nitrogen and oxygen atoms in total. The number of carbonyl (C=O) groups is 2. The molecule has 7 aliphatic rings. The zero-order chi connectivity index (χ0) is 32.2. The van der Waals surface area contributed by atoms with Crippen molar-refractivity contribution < 1.29 is 9.59 Å². The van der Waals surface area contributed by atoms with Crippen LogP contribution in [0.25, 0.3) is 0 Å². The Kier molecular flexibility index (Phi) is 10.9. The molecule has 0 aliphatic carbocycles. The van der Waals surface area contributed by atoms with Crippen molar-refractivity contribution in [1.82, 2.24) is 10.2 Å². The summed E-state index contributed by atoms with van der Waals surface area (Å²) in [6.07, 6.45) is 17.3. The molecule has 0 aromatic rings. The van der Waals surface area contributed by atoms with Crippen molar-refractivity contribution in [3.63, 3.8) is 0 Å². The number of unbranched alkanes of at least 4 members (excludes halogenated alkanes) is 3. The van der Waals surface area contributed by atoms with E-state index in [1.54, 1.807) is 4.91 Å². The average molecular weight is 721 g/mol. The maximum Gasteiger partial charge on any atom is 0.250 e. The number of hydrogen-bond acceptors (Lipinski definition) is 7. The van der Waals surface area contributed by atoms with Crippen molar-refractivity contribution in [1.29, 1.82) is 0 Å².